The fourth-order valence-electron chi connectivity index (χ4n) is 2.82. The van der Waals surface area contributed by atoms with Crippen molar-refractivity contribution in [1.29, 1.82) is 0 Å². The summed E-state index contributed by atoms with van der Waals surface area (Å²) in [7, 11) is 0. The molecule has 0 amide bonds. The van der Waals surface area contributed by atoms with E-state index in [2.05, 4.69) is 66.2 Å². The van der Waals surface area contributed by atoms with Crippen molar-refractivity contribution >= 4 is 6.72 Å². The summed E-state index contributed by atoms with van der Waals surface area (Å²) in [6, 6.07) is 20.7. The van der Waals surface area contributed by atoms with Gasteiger partial charge in [0.25, 0.3) is 0 Å². The van der Waals surface area contributed by atoms with Gasteiger partial charge in [-0.15, -0.1) is 0 Å². The maximum absolute atomic E-state index is 5.23. The minimum Gasteiger partial charge on any atom is -0.355 e. The lowest BCUT2D eigenvalue weighted by Crippen LogP contribution is -1.95. The van der Waals surface area contributed by atoms with Gasteiger partial charge in [0.15, 0.2) is 5.75 Å². The molecule has 0 bridgehead atoms. The van der Waals surface area contributed by atoms with Crippen LogP contribution in [0.4, 0.5) is 0 Å². The van der Waals surface area contributed by atoms with E-state index >= 15 is 0 Å². The monoisotopic (exact) mass is 316 g/mol. The van der Waals surface area contributed by atoms with Gasteiger partial charge in [-0.3, -0.25) is 4.98 Å². The molecule has 0 aliphatic heterocycles. The van der Waals surface area contributed by atoms with Crippen LogP contribution in [0.15, 0.2) is 72.0 Å². The van der Waals surface area contributed by atoms with Gasteiger partial charge in [0.1, 0.15) is 5.69 Å². The number of pyridine rings is 1. The molecule has 3 heteroatoms. The molecule has 0 saturated heterocycles. The van der Waals surface area contributed by atoms with Crippen molar-refractivity contribution in [2.75, 3.05) is 0 Å². The van der Waals surface area contributed by atoms with E-state index in [4.69, 9.17) is 4.84 Å². The van der Waals surface area contributed by atoms with Crippen molar-refractivity contribution in [3.8, 4) is 17.0 Å². The molecule has 1 aromatic heterocycles. The zero-order valence-electron chi connectivity index (χ0n) is 13.8. The minimum atomic E-state index is 0.618. The van der Waals surface area contributed by atoms with Crippen LogP contribution < -0.4 is 4.84 Å². The van der Waals surface area contributed by atoms with Crippen LogP contribution in [-0.4, -0.2) is 11.7 Å². The van der Waals surface area contributed by atoms with E-state index < -0.39 is 0 Å². The van der Waals surface area contributed by atoms with Crippen LogP contribution in [0, 0.1) is 6.92 Å². The largest absolute Gasteiger partial charge is 0.355 e. The summed E-state index contributed by atoms with van der Waals surface area (Å²) >= 11 is 0. The van der Waals surface area contributed by atoms with Gasteiger partial charge < -0.3 is 4.84 Å². The highest BCUT2D eigenvalue weighted by atomic mass is 16.6. The van der Waals surface area contributed by atoms with Gasteiger partial charge >= 0.3 is 0 Å². The maximum Gasteiger partial charge on any atom is 0.184 e. The van der Waals surface area contributed by atoms with E-state index in [0.717, 1.165) is 24.1 Å². The lowest BCUT2D eigenvalue weighted by atomic mass is 9.98. The number of oxime groups is 1. The molecule has 3 aromatic rings. The van der Waals surface area contributed by atoms with Crippen LogP contribution in [0.2, 0.25) is 0 Å². The van der Waals surface area contributed by atoms with Crippen molar-refractivity contribution in [3.63, 3.8) is 0 Å². The van der Waals surface area contributed by atoms with Crippen LogP contribution in [0.1, 0.15) is 16.7 Å². The van der Waals surface area contributed by atoms with Crippen LogP contribution in [0.5, 0.6) is 5.75 Å². The van der Waals surface area contributed by atoms with E-state index in [1.807, 2.05) is 18.2 Å². The summed E-state index contributed by atoms with van der Waals surface area (Å²) < 4.78 is 0. The van der Waals surface area contributed by atoms with Crippen LogP contribution >= 0.6 is 0 Å². The third-order valence-electron chi connectivity index (χ3n) is 4.02. The van der Waals surface area contributed by atoms with Gasteiger partial charge in [-0.2, -0.15) is 0 Å². The second kappa shape index (κ2) is 7.55. The molecule has 0 fully saturated rings. The number of nitrogens with zero attached hydrogens (tertiary/aromatic N) is 2. The molecule has 0 unspecified atom stereocenters. The van der Waals surface area contributed by atoms with Gasteiger partial charge in [0.05, 0.1) is 0 Å². The molecule has 3 nitrogen and oxygen atoms in total. The number of aryl methyl sites for hydroxylation is 3. The van der Waals surface area contributed by atoms with E-state index in [-0.39, 0.29) is 0 Å². The second-order valence-electron chi connectivity index (χ2n) is 5.71. The average molecular weight is 316 g/mol. The molecule has 120 valence electrons. The molecule has 2 aromatic carbocycles. The van der Waals surface area contributed by atoms with E-state index in [0.29, 0.717) is 5.75 Å². The Balaban J connectivity index is 1.81. The van der Waals surface area contributed by atoms with E-state index in [1.165, 1.54) is 16.7 Å². The second-order valence-corrected chi connectivity index (χ2v) is 5.71. The Kier molecular flexibility index (Phi) is 5.02. The first kappa shape index (κ1) is 15.9. The molecule has 0 radical (unpaired) electrons. The predicted octanol–water partition coefficient (Wildman–Crippen LogP) is 4.84. The first-order valence-corrected chi connectivity index (χ1v) is 8.00. The summed E-state index contributed by atoms with van der Waals surface area (Å²) in [6.07, 6.45) is 3.82. The highest BCUT2D eigenvalue weighted by Crippen LogP contribution is 2.30. The Morgan fingerprint density at radius 2 is 1.75 bits per heavy atom. The first-order valence-electron chi connectivity index (χ1n) is 8.00. The molecule has 3 rings (SSSR count). The number of hydrogen-bond donors (Lipinski definition) is 0. The Bertz CT molecular complexity index is 828. The van der Waals surface area contributed by atoms with Crippen molar-refractivity contribution in [2.24, 2.45) is 5.16 Å². The van der Waals surface area contributed by atoms with Crippen LogP contribution in [0.3, 0.4) is 0 Å². The minimum absolute atomic E-state index is 0.618. The highest BCUT2D eigenvalue weighted by Gasteiger charge is 2.11. The zero-order valence-corrected chi connectivity index (χ0v) is 13.8. The fraction of sp³-hybridized carbons (Fsp3) is 0.143. The normalized spacial score (nSPS) is 10.4. The molecule has 0 aliphatic carbocycles. The summed E-state index contributed by atoms with van der Waals surface area (Å²) in [5.41, 5.74) is 5.69. The number of benzene rings is 2. The quantitative estimate of drug-likeness (QED) is 0.482. The molecule has 24 heavy (non-hydrogen) atoms. The van der Waals surface area contributed by atoms with E-state index in [1.54, 1.807) is 6.20 Å². The Labute approximate surface area is 142 Å². The van der Waals surface area contributed by atoms with Crippen LogP contribution in [-0.2, 0) is 12.8 Å². The average Bonchev–Trinajstić information content (AvgIpc) is 2.62. The zero-order chi connectivity index (χ0) is 16.8. The molecule has 0 saturated carbocycles. The Morgan fingerprint density at radius 1 is 0.958 bits per heavy atom. The lowest BCUT2D eigenvalue weighted by Gasteiger charge is -2.11. The highest BCUT2D eigenvalue weighted by molar-refractivity contribution is 5.69. The van der Waals surface area contributed by atoms with Crippen molar-refractivity contribution < 1.29 is 4.84 Å². The molecule has 0 atom stereocenters. The van der Waals surface area contributed by atoms with Crippen molar-refractivity contribution in [1.82, 2.24) is 4.98 Å². The summed E-state index contributed by atoms with van der Waals surface area (Å²) in [4.78, 5) is 9.67. The fourth-order valence-corrected chi connectivity index (χ4v) is 2.82. The van der Waals surface area contributed by atoms with Gasteiger partial charge in [0.2, 0.25) is 0 Å². The third-order valence-corrected chi connectivity index (χ3v) is 4.02. The van der Waals surface area contributed by atoms with E-state index in [9.17, 15) is 0 Å². The van der Waals surface area contributed by atoms with Gasteiger partial charge in [-0.25, -0.2) is 0 Å². The maximum atomic E-state index is 5.23. The Morgan fingerprint density at radius 3 is 2.50 bits per heavy atom. The smallest absolute Gasteiger partial charge is 0.184 e. The van der Waals surface area contributed by atoms with Crippen molar-refractivity contribution in [3.05, 3.63) is 83.6 Å². The van der Waals surface area contributed by atoms with Gasteiger partial charge in [-0.1, -0.05) is 53.7 Å². The summed E-state index contributed by atoms with van der Waals surface area (Å²) in [5, 5.41) is 3.51. The SMILES string of the molecule is C=NOc1cccnc1-c1ccc(CCc2ccccc2)cc1C. The Hall–Kier alpha value is -2.94. The molecular weight excluding hydrogens is 296 g/mol. The van der Waals surface area contributed by atoms with Crippen LogP contribution in [0.25, 0.3) is 11.3 Å². The molecule has 0 N–H and O–H groups in total. The third kappa shape index (κ3) is 3.69. The molecule has 0 spiro atoms. The van der Waals surface area contributed by atoms with Crippen molar-refractivity contribution in [2.45, 2.75) is 19.8 Å². The topological polar surface area (TPSA) is 34.5 Å². The standard InChI is InChI=1S/C21H20N2O/c1-16-15-18(11-10-17-7-4-3-5-8-17)12-13-19(16)21-20(24-22-2)9-6-14-23-21/h3-9,12-15H,2,10-11H2,1H3. The molecule has 1 heterocycles. The summed E-state index contributed by atoms with van der Waals surface area (Å²) in [6.45, 7) is 5.48. The number of rotatable bonds is 6. The predicted molar refractivity (Wildman–Crippen MR) is 98.4 cm³/mol. The first-order chi connectivity index (χ1) is 11.8. The van der Waals surface area contributed by atoms with Gasteiger partial charge in [0, 0.05) is 18.5 Å². The molecular formula is C21H20N2O. The number of hydrogen-bond acceptors (Lipinski definition) is 3. The van der Waals surface area contributed by atoms with Gasteiger partial charge in [-0.05, 0) is 48.6 Å². The number of aromatic nitrogens is 1. The summed E-state index contributed by atoms with van der Waals surface area (Å²) in [5.74, 6) is 0.618. The lowest BCUT2D eigenvalue weighted by molar-refractivity contribution is 0.346. The molecule has 0 aliphatic rings.